The van der Waals surface area contributed by atoms with Gasteiger partial charge in [-0.1, -0.05) is 23.2 Å². The van der Waals surface area contributed by atoms with Crippen molar-refractivity contribution in [2.75, 3.05) is 20.2 Å². The van der Waals surface area contributed by atoms with E-state index < -0.39 is 6.10 Å². The molecule has 0 saturated carbocycles. The maximum Gasteiger partial charge on any atom is 0.263 e. The molecule has 6 heteroatoms. The third kappa shape index (κ3) is 4.05. The Bertz CT molecular complexity index is 426. The number of hydrogen-bond acceptors (Lipinski definition) is 3. The van der Waals surface area contributed by atoms with Crippen molar-refractivity contribution in [1.82, 2.24) is 4.90 Å². The van der Waals surface area contributed by atoms with Crippen LogP contribution in [-0.4, -0.2) is 42.2 Å². The highest BCUT2D eigenvalue weighted by atomic mass is 35.5. The van der Waals surface area contributed by atoms with Crippen LogP contribution in [0, 0.1) is 0 Å². The molecule has 0 aliphatic carbocycles. The molecule has 1 aromatic carbocycles. The zero-order valence-corrected chi connectivity index (χ0v) is 11.7. The number of aliphatic hydroxyl groups excluding tert-OH is 1. The Morgan fingerprint density at radius 3 is 2.72 bits per heavy atom. The quantitative estimate of drug-likeness (QED) is 0.905. The Hall–Kier alpha value is -0.970. The third-order valence-electron chi connectivity index (χ3n) is 2.36. The minimum absolute atomic E-state index is 0.0866. The average Bonchev–Trinajstić information content (AvgIpc) is 2.32. The monoisotopic (exact) mass is 291 g/mol. The molecule has 1 atom stereocenters. The molecule has 0 spiro atoms. The highest BCUT2D eigenvalue weighted by Gasteiger charge is 2.19. The molecule has 100 valence electrons. The van der Waals surface area contributed by atoms with Crippen LogP contribution < -0.4 is 4.74 Å². The van der Waals surface area contributed by atoms with Crippen LogP contribution in [-0.2, 0) is 4.79 Å². The molecule has 0 aliphatic rings. The molecule has 1 N–H and O–H groups in total. The van der Waals surface area contributed by atoms with Gasteiger partial charge in [-0.3, -0.25) is 4.79 Å². The number of carbonyl (C=O) groups is 1. The van der Waals surface area contributed by atoms with Crippen molar-refractivity contribution in [1.29, 1.82) is 0 Å². The first kappa shape index (κ1) is 15.1. The number of nitrogens with zero attached hydrogens (tertiary/aromatic N) is 1. The lowest BCUT2D eigenvalue weighted by molar-refractivity contribution is -0.137. The SMILES string of the molecule is CC(Oc1ccc(Cl)cc1Cl)C(=O)N(C)CCO. The zero-order chi connectivity index (χ0) is 13.7. The maximum atomic E-state index is 11.8. The molecule has 18 heavy (non-hydrogen) atoms. The standard InChI is InChI=1S/C12H15Cl2NO3/c1-8(12(17)15(2)5-6-16)18-11-4-3-9(13)7-10(11)14/h3-4,7-8,16H,5-6H2,1-2H3. The first-order chi connectivity index (χ1) is 8.45. The molecule has 1 rings (SSSR count). The molecule has 4 nitrogen and oxygen atoms in total. The number of rotatable bonds is 5. The van der Waals surface area contributed by atoms with Gasteiger partial charge in [0.25, 0.3) is 5.91 Å². The first-order valence-electron chi connectivity index (χ1n) is 5.43. The summed E-state index contributed by atoms with van der Waals surface area (Å²) in [6.45, 7) is 1.80. The van der Waals surface area contributed by atoms with E-state index in [1.54, 1.807) is 32.2 Å². The van der Waals surface area contributed by atoms with Gasteiger partial charge in [0, 0.05) is 18.6 Å². The molecule has 0 aromatic heterocycles. The summed E-state index contributed by atoms with van der Waals surface area (Å²) >= 11 is 11.7. The van der Waals surface area contributed by atoms with Gasteiger partial charge < -0.3 is 14.7 Å². The summed E-state index contributed by atoms with van der Waals surface area (Å²) < 4.78 is 5.47. The van der Waals surface area contributed by atoms with Gasteiger partial charge in [0.1, 0.15) is 5.75 Å². The normalized spacial score (nSPS) is 12.1. The largest absolute Gasteiger partial charge is 0.479 e. The van der Waals surface area contributed by atoms with Crippen molar-refractivity contribution in [3.05, 3.63) is 28.2 Å². The molecule has 0 fully saturated rings. The van der Waals surface area contributed by atoms with Crippen LogP contribution in [0.15, 0.2) is 18.2 Å². The van der Waals surface area contributed by atoms with Crippen molar-refractivity contribution >= 4 is 29.1 Å². The fraction of sp³-hybridized carbons (Fsp3) is 0.417. The second-order valence-electron chi connectivity index (χ2n) is 3.82. The number of benzene rings is 1. The number of aliphatic hydroxyl groups is 1. The van der Waals surface area contributed by atoms with Gasteiger partial charge in [0.05, 0.1) is 11.6 Å². The van der Waals surface area contributed by atoms with Crippen molar-refractivity contribution < 1.29 is 14.6 Å². The lowest BCUT2D eigenvalue weighted by Crippen LogP contribution is -2.39. The van der Waals surface area contributed by atoms with E-state index >= 15 is 0 Å². The van der Waals surface area contributed by atoms with E-state index in [-0.39, 0.29) is 19.1 Å². The lowest BCUT2D eigenvalue weighted by atomic mass is 10.3. The minimum atomic E-state index is -0.680. The van der Waals surface area contributed by atoms with E-state index in [1.807, 2.05) is 0 Å². The number of likely N-dealkylation sites (N-methyl/N-ethyl adjacent to an activating group) is 1. The van der Waals surface area contributed by atoms with Gasteiger partial charge in [-0.25, -0.2) is 0 Å². The molecule has 0 saturated heterocycles. The van der Waals surface area contributed by atoms with Crippen LogP contribution in [0.5, 0.6) is 5.75 Å². The molecule has 0 bridgehead atoms. The van der Waals surface area contributed by atoms with Gasteiger partial charge in [-0.05, 0) is 25.1 Å². The summed E-state index contributed by atoms with van der Waals surface area (Å²) in [4.78, 5) is 13.2. The summed E-state index contributed by atoms with van der Waals surface area (Å²) in [5.41, 5.74) is 0. The zero-order valence-electron chi connectivity index (χ0n) is 10.2. The highest BCUT2D eigenvalue weighted by Crippen LogP contribution is 2.28. The Labute approximate surface area is 116 Å². The Balaban J connectivity index is 2.69. The van der Waals surface area contributed by atoms with Gasteiger partial charge in [0.15, 0.2) is 6.10 Å². The van der Waals surface area contributed by atoms with Crippen LogP contribution in [0.1, 0.15) is 6.92 Å². The van der Waals surface area contributed by atoms with Gasteiger partial charge >= 0.3 is 0 Å². The van der Waals surface area contributed by atoms with Gasteiger partial charge in [0.2, 0.25) is 0 Å². The van der Waals surface area contributed by atoms with Gasteiger partial charge in [-0.2, -0.15) is 0 Å². The van der Waals surface area contributed by atoms with Crippen molar-refractivity contribution in [2.45, 2.75) is 13.0 Å². The molecule has 0 aliphatic heterocycles. The topological polar surface area (TPSA) is 49.8 Å². The Kier molecular flexibility index (Phi) is 5.72. The van der Waals surface area contributed by atoms with Crippen LogP contribution in [0.25, 0.3) is 0 Å². The van der Waals surface area contributed by atoms with Crippen molar-refractivity contribution in [3.8, 4) is 5.75 Å². The van der Waals surface area contributed by atoms with Crippen LogP contribution >= 0.6 is 23.2 Å². The first-order valence-corrected chi connectivity index (χ1v) is 6.19. The number of carbonyl (C=O) groups excluding carboxylic acids is 1. The minimum Gasteiger partial charge on any atom is -0.479 e. The second-order valence-corrected chi connectivity index (χ2v) is 4.66. The summed E-state index contributed by atoms with van der Waals surface area (Å²) in [6.07, 6.45) is -0.680. The third-order valence-corrected chi connectivity index (χ3v) is 2.89. The maximum absolute atomic E-state index is 11.8. The summed E-state index contributed by atoms with van der Waals surface area (Å²) in [5.74, 6) is 0.175. The molecule has 1 aromatic rings. The van der Waals surface area contributed by atoms with E-state index in [1.165, 1.54) is 4.90 Å². The molecule has 1 amide bonds. The van der Waals surface area contributed by atoms with E-state index in [0.29, 0.717) is 15.8 Å². The molecule has 0 radical (unpaired) electrons. The highest BCUT2D eigenvalue weighted by molar-refractivity contribution is 6.35. The van der Waals surface area contributed by atoms with Crippen LogP contribution in [0.4, 0.5) is 0 Å². The van der Waals surface area contributed by atoms with Crippen molar-refractivity contribution in [2.24, 2.45) is 0 Å². The van der Waals surface area contributed by atoms with E-state index in [2.05, 4.69) is 0 Å². The lowest BCUT2D eigenvalue weighted by Gasteiger charge is -2.21. The van der Waals surface area contributed by atoms with Crippen LogP contribution in [0.3, 0.4) is 0 Å². The fourth-order valence-electron chi connectivity index (χ4n) is 1.38. The Morgan fingerprint density at radius 1 is 1.50 bits per heavy atom. The van der Waals surface area contributed by atoms with E-state index in [0.717, 1.165) is 0 Å². The summed E-state index contributed by atoms with van der Waals surface area (Å²) in [5, 5.41) is 9.62. The molecule has 0 heterocycles. The fourth-order valence-corrected chi connectivity index (χ4v) is 1.84. The van der Waals surface area contributed by atoms with Gasteiger partial charge in [-0.15, -0.1) is 0 Å². The molecular weight excluding hydrogens is 277 g/mol. The predicted molar refractivity (Wildman–Crippen MR) is 71.3 cm³/mol. The summed E-state index contributed by atoms with van der Waals surface area (Å²) in [6, 6.07) is 4.80. The predicted octanol–water partition coefficient (Wildman–Crippen LogP) is 2.21. The number of amides is 1. The van der Waals surface area contributed by atoms with E-state index in [4.69, 9.17) is 33.0 Å². The second kappa shape index (κ2) is 6.83. The van der Waals surface area contributed by atoms with Crippen LogP contribution in [0.2, 0.25) is 10.0 Å². The molecular formula is C12H15Cl2NO3. The summed E-state index contributed by atoms with van der Waals surface area (Å²) in [7, 11) is 1.60. The number of hydrogen-bond donors (Lipinski definition) is 1. The number of halogens is 2. The van der Waals surface area contributed by atoms with Crippen molar-refractivity contribution in [3.63, 3.8) is 0 Å². The molecule has 1 unspecified atom stereocenters. The average molecular weight is 292 g/mol. The Morgan fingerprint density at radius 2 is 2.17 bits per heavy atom. The number of ether oxygens (including phenoxy) is 1. The smallest absolute Gasteiger partial charge is 0.263 e. The van der Waals surface area contributed by atoms with E-state index in [9.17, 15) is 4.79 Å².